The minimum Gasteiger partial charge on any atom is -0.382 e. The highest BCUT2D eigenvalue weighted by Crippen LogP contribution is 2.31. The molecule has 1 nitrogen and oxygen atoms in total. The topological polar surface area (TPSA) is 12.0 Å². The molecule has 1 fully saturated rings. The van der Waals surface area contributed by atoms with E-state index in [1.807, 2.05) is 0 Å². The molecule has 0 amide bonds. The quantitative estimate of drug-likeness (QED) is 0.705. The van der Waals surface area contributed by atoms with Crippen LogP contribution in [0.1, 0.15) is 64.9 Å². The summed E-state index contributed by atoms with van der Waals surface area (Å²) in [7, 11) is 0. The molecule has 2 rings (SSSR count). The minimum atomic E-state index is 0.685. The van der Waals surface area contributed by atoms with Gasteiger partial charge in [-0.25, -0.2) is 0 Å². The van der Waals surface area contributed by atoms with E-state index in [2.05, 4.69) is 50.4 Å². The highest BCUT2D eigenvalue weighted by molar-refractivity contribution is 5.45. The van der Waals surface area contributed by atoms with Gasteiger partial charge in [0.25, 0.3) is 0 Å². The molecule has 0 saturated heterocycles. The average molecular weight is 273 g/mol. The van der Waals surface area contributed by atoms with Gasteiger partial charge < -0.3 is 5.32 Å². The molecular formula is C19H31N. The molecule has 1 saturated carbocycles. The first-order valence-electron chi connectivity index (χ1n) is 8.52. The lowest BCUT2D eigenvalue weighted by Crippen LogP contribution is -2.27. The largest absolute Gasteiger partial charge is 0.382 e. The summed E-state index contributed by atoms with van der Waals surface area (Å²) in [6, 6.07) is 9.76. The molecule has 2 unspecified atom stereocenters. The van der Waals surface area contributed by atoms with Crippen molar-refractivity contribution in [2.75, 3.05) is 5.32 Å². The maximum atomic E-state index is 3.75. The van der Waals surface area contributed by atoms with Crippen LogP contribution in [-0.2, 0) is 6.42 Å². The van der Waals surface area contributed by atoms with E-state index in [9.17, 15) is 0 Å². The van der Waals surface area contributed by atoms with E-state index < -0.39 is 0 Å². The van der Waals surface area contributed by atoms with Gasteiger partial charge in [0.1, 0.15) is 0 Å². The first-order valence-corrected chi connectivity index (χ1v) is 8.52. The van der Waals surface area contributed by atoms with Gasteiger partial charge in [-0.15, -0.1) is 0 Å². The second-order valence-corrected chi connectivity index (χ2v) is 6.95. The van der Waals surface area contributed by atoms with E-state index in [0.29, 0.717) is 6.04 Å². The summed E-state index contributed by atoms with van der Waals surface area (Å²) in [4.78, 5) is 0. The zero-order valence-electron chi connectivity index (χ0n) is 13.5. The third-order valence-corrected chi connectivity index (χ3v) is 4.45. The Kier molecular flexibility index (Phi) is 5.94. The smallest absolute Gasteiger partial charge is 0.0342 e. The maximum Gasteiger partial charge on any atom is 0.0342 e. The van der Waals surface area contributed by atoms with Crippen LogP contribution in [0.4, 0.5) is 5.69 Å². The Morgan fingerprint density at radius 2 is 1.90 bits per heavy atom. The first kappa shape index (κ1) is 15.4. The zero-order chi connectivity index (χ0) is 14.4. The van der Waals surface area contributed by atoms with Crippen molar-refractivity contribution >= 4 is 5.69 Å². The summed E-state index contributed by atoms with van der Waals surface area (Å²) in [6.07, 6.45) is 9.34. The summed E-state index contributed by atoms with van der Waals surface area (Å²) in [6.45, 7) is 6.94. The van der Waals surface area contributed by atoms with Crippen LogP contribution in [0.25, 0.3) is 0 Å². The van der Waals surface area contributed by atoms with E-state index in [0.717, 1.165) is 11.8 Å². The Morgan fingerprint density at radius 3 is 2.55 bits per heavy atom. The third-order valence-electron chi connectivity index (χ3n) is 4.45. The minimum absolute atomic E-state index is 0.685. The van der Waals surface area contributed by atoms with Gasteiger partial charge in [-0.3, -0.25) is 0 Å². The van der Waals surface area contributed by atoms with Gasteiger partial charge >= 0.3 is 0 Å². The molecule has 0 aliphatic heterocycles. The number of rotatable bonds is 6. The predicted octanol–water partition coefficient (Wildman–Crippen LogP) is 5.66. The second-order valence-electron chi connectivity index (χ2n) is 6.95. The molecule has 0 aromatic heterocycles. The van der Waals surface area contributed by atoms with Crippen LogP contribution in [0.5, 0.6) is 0 Å². The van der Waals surface area contributed by atoms with Crippen LogP contribution >= 0.6 is 0 Å². The molecule has 0 radical (unpaired) electrons. The average Bonchev–Trinajstić information content (AvgIpc) is 2.41. The van der Waals surface area contributed by atoms with Crippen LogP contribution in [-0.4, -0.2) is 6.04 Å². The Balaban J connectivity index is 1.85. The monoisotopic (exact) mass is 273 g/mol. The maximum absolute atomic E-state index is 3.75. The van der Waals surface area contributed by atoms with Crippen molar-refractivity contribution in [3.05, 3.63) is 29.8 Å². The fraction of sp³-hybridized carbons (Fsp3) is 0.684. The Morgan fingerprint density at radius 1 is 1.15 bits per heavy atom. The number of benzene rings is 1. The lowest BCUT2D eigenvalue weighted by Gasteiger charge is -2.31. The van der Waals surface area contributed by atoms with Crippen LogP contribution in [0.3, 0.4) is 0 Å². The molecule has 0 bridgehead atoms. The van der Waals surface area contributed by atoms with Crippen LogP contribution in [0.15, 0.2) is 24.3 Å². The molecule has 1 aromatic rings. The van der Waals surface area contributed by atoms with Crippen molar-refractivity contribution in [1.82, 2.24) is 0 Å². The summed E-state index contributed by atoms with van der Waals surface area (Å²) >= 11 is 0. The summed E-state index contributed by atoms with van der Waals surface area (Å²) in [5.41, 5.74) is 2.76. The van der Waals surface area contributed by atoms with Gasteiger partial charge in [-0.1, -0.05) is 52.2 Å². The molecule has 20 heavy (non-hydrogen) atoms. The Bertz CT molecular complexity index is 379. The molecular weight excluding hydrogens is 242 g/mol. The Labute approximate surface area is 125 Å². The number of anilines is 1. The third kappa shape index (κ3) is 4.85. The summed E-state index contributed by atoms with van der Waals surface area (Å²) < 4.78 is 0. The molecule has 0 heterocycles. The molecule has 0 spiro atoms. The van der Waals surface area contributed by atoms with Gasteiger partial charge in [-0.05, 0) is 55.2 Å². The van der Waals surface area contributed by atoms with Gasteiger partial charge in [0.15, 0.2) is 0 Å². The number of aryl methyl sites for hydroxylation is 1. The molecule has 1 heteroatoms. The SMILES string of the molecule is CCCc1ccc(NC2CCCC(CC(C)C)C2)cc1. The van der Waals surface area contributed by atoms with Crippen molar-refractivity contribution < 1.29 is 0 Å². The van der Waals surface area contributed by atoms with Crippen molar-refractivity contribution in [3.8, 4) is 0 Å². The summed E-state index contributed by atoms with van der Waals surface area (Å²) in [5.74, 6) is 1.77. The predicted molar refractivity (Wildman–Crippen MR) is 89.3 cm³/mol. The zero-order valence-corrected chi connectivity index (χ0v) is 13.5. The van der Waals surface area contributed by atoms with E-state index >= 15 is 0 Å². The number of hydrogen-bond donors (Lipinski definition) is 1. The highest BCUT2D eigenvalue weighted by Gasteiger charge is 2.22. The van der Waals surface area contributed by atoms with Crippen molar-refractivity contribution in [3.63, 3.8) is 0 Å². The standard InChI is InChI=1S/C19H31N/c1-4-6-16-9-11-18(12-10-16)20-19-8-5-7-17(14-19)13-15(2)3/h9-12,15,17,19-20H,4-8,13-14H2,1-3H3. The fourth-order valence-corrected chi connectivity index (χ4v) is 3.59. The van der Waals surface area contributed by atoms with Crippen LogP contribution in [0, 0.1) is 11.8 Å². The van der Waals surface area contributed by atoms with E-state index in [1.165, 1.54) is 56.2 Å². The molecule has 1 N–H and O–H groups in total. The molecule has 1 aromatic carbocycles. The Hall–Kier alpha value is -0.980. The van der Waals surface area contributed by atoms with Gasteiger partial charge in [-0.2, -0.15) is 0 Å². The lowest BCUT2D eigenvalue weighted by atomic mass is 9.81. The van der Waals surface area contributed by atoms with Gasteiger partial charge in [0, 0.05) is 11.7 Å². The number of nitrogens with one attached hydrogen (secondary N) is 1. The van der Waals surface area contributed by atoms with Crippen molar-refractivity contribution in [2.24, 2.45) is 11.8 Å². The number of hydrogen-bond acceptors (Lipinski definition) is 1. The lowest BCUT2D eigenvalue weighted by molar-refractivity contribution is 0.289. The normalized spacial score (nSPS) is 23.0. The molecule has 1 aliphatic rings. The van der Waals surface area contributed by atoms with Crippen LogP contribution < -0.4 is 5.32 Å². The van der Waals surface area contributed by atoms with E-state index in [4.69, 9.17) is 0 Å². The first-order chi connectivity index (χ1) is 9.67. The molecule has 1 aliphatic carbocycles. The van der Waals surface area contributed by atoms with Crippen molar-refractivity contribution in [2.45, 2.75) is 71.8 Å². The van der Waals surface area contributed by atoms with E-state index in [1.54, 1.807) is 0 Å². The fourth-order valence-electron chi connectivity index (χ4n) is 3.59. The molecule has 2 atom stereocenters. The second kappa shape index (κ2) is 7.71. The van der Waals surface area contributed by atoms with Gasteiger partial charge in [0.2, 0.25) is 0 Å². The highest BCUT2D eigenvalue weighted by atomic mass is 14.9. The summed E-state index contributed by atoms with van der Waals surface area (Å²) in [5, 5.41) is 3.75. The van der Waals surface area contributed by atoms with Crippen LogP contribution in [0.2, 0.25) is 0 Å². The van der Waals surface area contributed by atoms with E-state index in [-0.39, 0.29) is 0 Å². The van der Waals surface area contributed by atoms with Crippen molar-refractivity contribution in [1.29, 1.82) is 0 Å². The van der Waals surface area contributed by atoms with Gasteiger partial charge in [0.05, 0.1) is 0 Å². The molecule has 112 valence electrons.